The van der Waals surface area contributed by atoms with Gasteiger partial charge in [0, 0.05) is 0 Å². The van der Waals surface area contributed by atoms with Crippen LogP contribution in [0.15, 0.2) is 16.7 Å². The second-order valence-electron chi connectivity index (χ2n) is 3.24. The summed E-state index contributed by atoms with van der Waals surface area (Å²) in [4.78, 5) is 11.3. The molecule has 0 radical (unpaired) electrons. The summed E-state index contributed by atoms with van der Waals surface area (Å²) in [5, 5.41) is -0.761. The topological polar surface area (TPSA) is 57.9 Å². The van der Waals surface area contributed by atoms with Crippen LogP contribution in [0.3, 0.4) is 0 Å². The summed E-state index contributed by atoms with van der Waals surface area (Å²) in [5.41, 5.74) is 0.683. The molecule has 5 nitrogen and oxygen atoms in total. The van der Waals surface area contributed by atoms with Crippen molar-refractivity contribution < 1.29 is 23.4 Å². The lowest BCUT2D eigenvalue weighted by atomic mass is 10.2. The summed E-state index contributed by atoms with van der Waals surface area (Å²) in [6.07, 6.45) is 0.995. The van der Waals surface area contributed by atoms with Gasteiger partial charge in [-0.3, -0.25) is 4.79 Å². The van der Waals surface area contributed by atoms with Gasteiger partial charge in [-0.15, -0.1) is 0 Å². The maximum Gasteiger partial charge on any atom is 0.326 e. The van der Waals surface area contributed by atoms with Crippen molar-refractivity contribution in [3.8, 4) is 0 Å². The van der Waals surface area contributed by atoms with E-state index in [2.05, 4.69) is 17.4 Å². The van der Waals surface area contributed by atoms with Crippen LogP contribution in [0.25, 0.3) is 0 Å². The average molecular weight is 244 g/mol. The van der Waals surface area contributed by atoms with Crippen molar-refractivity contribution in [2.24, 2.45) is 0 Å². The lowest BCUT2D eigenvalue weighted by Crippen LogP contribution is -2.11. The van der Waals surface area contributed by atoms with E-state index in [1.54, 1.807) is 6.07 Å². The SMILES string of the molecule is COC(=O)C(S)c1occc1C1OCCO1. The monoisotopic (exact) mass is 244 g/mol. The zero-order chi connectivity index (χ0) is 11.5. The van der Waals surface area contributed by atoms with E-state index in [9.17, 15) is 4.79 Å². The third kappa shape index (κ3) is 2.09. The maximum absolute atomic E-state index is 11.3. The molecule has 16 heavy (non-hydrogen) atoms. The first-order chi connectivity index (χ1) is 7.74. The molecule has 1 atom stereocenters. The number of furan rings is 1. The molecular formula is C10H12O5S. The van der Waals surface area contributed by atoms with Crippen LogP contribution in [-0.4, -0.2) is 26.3 Å². The predicted molar refractivity (Wildman–Crippen MR) is 57.1 cm³/mol. The Balaban J connectivity index is 2.21. The Labute approximate surface area is 98.1 Å². The molecule has 6 heteroatoms. The largest absolute Gasteiger partial charge is 0.468 e. The van der Waals surface area contributed by atoms with Crippen LogP contribution in [0.4, 0.5) is 0 Å². The Bertz CT molecular complexity index is 369. The summed E-state index contributed by atoms with van der Waals surface area (Å²) in [7, 11) is 1.30. The first-order valence-electron chi connectivity index (χ1n) is 4.80. The Morgan fingerprint density at radius 2 is 2.25 bits per heavy atom. The fourth-order valence-corrected chi connectivity index (χ4v) is 1.82. The summed E-state index contributed by atoms with van der Waals surface area (Å²) < 4.78 is 20.5. The minimum Gasteiger partial charge on any atom is -0.468 e. The minimum absolute atomic E-state index is 0.405. The van der Waals surface area contributed by atoms with E-state index in [0.717, 1.165) is 0 Å². The number of rotatable bonds is 3. The summed E-state index contributed by atoms with van der Waals surface area (Å²) in [6, 6.07) is 1.71. The third-order valence-corrected chi connectivity index (χ3v) is 2.72. The van der Waals surface area contributed by atoms with Gasteiger partial charge in [0.1, 0.15) is 5.76 Å². The summed E-state index contributed by atoms with van der Waals surface area (Å²) in [6.45, 7) is 1.06. The molecule has 2 rings (SSSR count). The molecule has 0 aromatic carbocycles. The van der Waals surface area contributed by atoms with E-state index in [1.165, 1.54) is 13.4 Å². The van der Waals surface area contributed by atoms with E-state index in [4.69, 9.17) is 13.9 Å². The van der Waals surface area contributed by atoms with Crippen molar-refractivity contribution in [3.05, 3.63) is 23.7 Å². The van der Waals surface area contributed by atoms with Crippen LogP contribution in [0.1, 0.15) is 22.9 Å². The Hall–Kier alpha value is -0.980. The number of carbonyl (C=O) groups excluding carboxylic acids is 1. The number of esters is 1. The molecule has 2 heterocycles. The van der Waals surface area contributed by atoms with Crippen LogP contribution in [0, 0.1) is 0 Å². The lowest BCUT2D eigenvalue weighted by molar-refractivity contribution is -0.140. The van der Waals surface area contributed by atoms with Gasteiger partial charge in [0.25, 0.3) is 0 Å². The number of ether oxygens (including phenoxy) is 3. The Morgan fingerprint density at radius 1 is 1.56 bits per heavy atom. The average Bonchev–Trinajstić information content (AvgIpc) is 2.95. The smallest absolute Gasteiger partial charge is 0.326 e. The molecular weight excluding hydrogens is 232 g/mol. The molecule has 1 unspecified atom stereocenters. The van der Waals surface area contributed by atoms with Gasteiger partial charge in [-0.25, -0.2) is 0 Å². The first-order valence-corrected chi connectivity index (χ1v) is 5.32. The fraction of sp³-hybridized carbons (Fsp3) is 0.500. The fourth-order valence-electron chi connectivity index (χ4n) is 1.50. The third-order valence-electron chi connectivity index (χ3n) is 2.28. The Morgan fingerprint density at radius 3 is 2.88 bits per heavy atom. The van der Waals surface area contributed by atoms with Crippen LogP contribution < -0.4 is 0 Å². The normalized spacial score (nSPS) is 18.6. The van der Waals surface area contributed by atoms with Crippen molar-refractivity contribution in [1.29, 1.82) is 0 Å². The first kappa shape index (κ1) is 11.5. The molecule has 0 N–H and O–H groups in total. The zero-order valence-corrected chi connectivity index (χ0v) is 9.61. The Kier molecular flexibility index (Phi) is 3.52. The molecule has 0 saturated carbocycles. The van der Waals surface area contributed by atoms with E-state index >= 15 is 0 Å². The summed E-state index contributed by atoms with van der Waals surface area (Å²) >= 11 is 4.14. The molecule has 1 aromatic rings. The molecule has 1 fully saturated rings. The highest BCUT2D eigenvalue weighted by Crippen LogP contribution is 2.33. The van der Waals surface area contributed by atoms with Crippen LogP contribution in [-0.2, 0) is 19.0 Å². The van der Waals surface area contributed by atoms with Crippen LogP contribution in [0.5, 0.6) is 0 Å². The highest BCUT2D eigenvalue weighted by atomic mass is 32.1. The van der Waals surface area contributed by atoms with Gasteiger partial charge in [-0.2, -0.15) is 12.6 Å². The van der Waals surface area contributed by atoms with Crippen molar-refractivity contribution >= 4 is 18.6 Å². The lowest BCUT2D eigenvalue weighted by Gasteiger charge is -2.12. The second kappa shape index (κ2) is 4.90. The second-order valence-corrected chi connectivity index (χ2v) is 3.76. The highest BCUT2D eigenvalue weighted by molar-refractivity contribution is 7.81. The van der Waals surface area contributed by atoms with E-state index in [-0.39, 0.29) is 0 Å². The van der Waals surface area contributed by atoms with Gasteiger partial charge in [0.2, 0.25) is 0 Å². The molecule has 0 bridgehead atoms. The van der Waals surface area contributed by atoms with Crippen molar-refractivity contribution in [1.82, 2.24) is 0 Å². The van der Waals surface area contributed by atoms with Crippen LogP contribution in [0.2, 0.25) is 0 Å². The van der Waals surface area contributed by atoms with E-state index in [0.29, 0.717) is 24.5 Å². The predicted octanol–water partition coefficient (Wildman–Crippen LogP) is 1.47. The van der Waals surface area contributed by atoms with Crippen LogP contribution >= 0.6 is 12.6 Å². The van der Waals surface area contributed by atoms with E-state index < -0.39 is 17.5 Å². The summed E-state index contributed by atoms with van der Waals surface area (Å²) in [5.74, 6) is -0.0698. The molecule has 88 valence electrons. The quantitative estimate of drug-likeness (QED) is 0.644. The highest BCUT2D eigenvalue weighted by Gasteiger charge is 2.29. The molecule has 1 aromatic heterocycles. The molecule has 0 aliphatic carbocycles. The van der Waals surface area contributed by atoms with E-state index in [1.807, 2.05) is 0 Å². The van der Waals surface area contributed by atoms with Gasteiger partial charge in [-0.05, 0) is 6.07 Å². The molecule has 1 aliphatic rings. The van der Waals surface area contributed by atoms with Crippen molar-refractivity contribution in [3.63, 3.8) is 0 Å². The number of carbonyl (C=O) groups is 1. The molecule has 1 saturated heterocycles. The van der Waals surface area contributed by atoms with Gasteiger partial charge < -0.3 is 18.6 Å². The molecule has 0 amide bonds. The van der Waals surface area contributed by atoms with Gasteiger partial charge >= 0.3 is 5.97 Å². The van der Waals surface area contributed by atoms with Gasteiger partial charge in [0.05, 0.1) is 32.2 Å². The van der Waals surface area contributed by atoms with Crippen molar-refractivity contribution in [2.75, 3.05) is 20.3 Å². The molecule has 1 aliphatic heterocycles. The zero-order valence-electron chi connectivity index (χ0n) is 8.71. The molecule has 0 spiro atoms. The maximum atomic E-state index is 11.3. The minimum atomic E-state index is -0.761. The number of hydrogen-bond acceptors (Lipinski definition) is 6. The number of methoxy groups -OCH3 is 1. The van der Waals surface area contributed by atoms with Gasteiger partial charge in [0.15, 0.2) is 11.5 Å². The standard InChI is InChI=1S/C10H12O5S/c1-12-9(11)8(16)7-6(2-3-13-7)10-14-4-5-15-10/h2-3,8,10,16H,4-5H2,1H3. The number of hydrogen-bond donors (Lipinski definition) is 1. The van der Waals surface area contributed by atoms with Crippen molar-refractivity contribution in [2.45, 2.75) is 11.5 Å². The number of thiol groups is 1. The van der Waals surface area contributed by atoms with Gasteiger partial charge in [-0.1, -0.05) is 0 Å².